The smallest absolute Gasteiger partial charge is 0.333 e. The molecule has 0 saturated carbocycles. The molecule has 0 radical (unpaired) electrons. The van der Waals surface area contributed by atoms with Gasteiger partial charge < -0.3 is 4.74 Å². The van der Waals surface area contributed by atoms with E-state index in [4.69, 9.17) is 4.74 Å². The third-order valence-corrected chi connectivity index (χ3v) is 3.93. The van der Waals surface area contributed by atoms with Crippen LogP contribution in [0.25, 0.3) is 0 Å². The number of hydrogen-bond donors (Lipinski definition) is 0. The number of alkyl halides is 3. The second-order valence-electron chi connectivity index (χ2n) is 4.32. The van der Waals surface area contributed by atoms with Crippen molar-refractivity contribution in [1.29, 1.82) is 0 Å². The van der Waals surface area contributed by atoms with E-state index in [0.29, 0.717) is 0 Å². The lowest BCUT2D eigenvalue weighted by Gasteiger charge is -2.22. The molecule has 124 valence electrons. The molecular formula is C11H16F4O5S. The minimum Gasteiger partial charge on any atom is -0.459 e. The van der Waals surface area contributed by atoms with Crippen molar-refractivity contribution in [3.05, 3.63) is 12.2 Å². The van der Waals surface area contributed by atoms with Gasteiger partial charge in [-0.3, -0.25) is 0 Å². The highest BCUT2D eigenvalue weighted by Gasteiger charge is 2.44. The van der Waals surface area contributed by atoms with Crippen molar-refractivity contribution < 1.29 is 40.0 Å². The van der Waals surface area contributed by atoms with E-state index in [2.05, 4.69) is 11.0 Å². The molecule has 0 aliphatic carbocycles. The van der Waals surface area contributed by atoms with Crippen LogP contribution < -0.4 is 0 Å². The van der Waals surface area contributed by atoms with Gasteiger partial charge in [-0.05, 0) is 17.9 Å². The Labute approximate surface area is 119 Å². The van der Waals surface area contributed by atoms with Crippen molar-refractivity contribution in [3.8, 4) is 0 Å². The molecule has 0 N–H and O–H groups in total. The molecule has 10 heteroatoms. The molecule has 0 aromatic carbocycles. The van der Waals surface area contributed by atoms with Crippen molar-refractivity contribution in [2.45, 2.75) is 50.6 Å². The Morgan fingerprint density at radius 2 is 1.81 bits per heavy atom. The van der Waals surface area contributed by atoms with Crippen LogP contribution in [0.15, 0.2) is 12.2 Å². The molecule has 0 aliphatic rings. The average molecular weight is 336 g/mol. The zero-order chi connectivity index (χ0) is 16.8. The van der Waals surface area contributed by atoms with Gasteiger partial charge in [0.25, 0.3) is 6.43 Å². The largest absolute Gasteiger partial charge is 0.459 e. The Morgan fingerprint density at radius 1 is 1.29 bits per heavy atom. The van der Waals surface area contributed by atoms with Gasteiger partial charge in [0.05, 0.1) is 0 Å². The summed E-state index contributed by atoms with van der Waals surface area (Å²) in [5, 5.41) is -3.00. The fourth-order valence-corrected chi connectivity index (χ4v) is 2.25. The molecule has 3 atom stereocenters. The number of ether oxygens (including phenoxy) is 1. The summed E-state index contributed by atoms with van der Waals surface area (Å²) in [6, 6.07) is 0. The maximum atomic E-state index is 13.8. The molecule has 21 heavy (non-hydrogen) atoms. The zero-order valence-electron chi connectivity index (χ0n) is 11.4. The molecule has 0 aromatic heterocycles. The van der Waals surface area contributed by atoms with Gasteiger partial charge in [0.15, 0.2) is 5.25 Å². The lowest BCUT2D eigenvalue weighted by molar-refractivity contribution is -0.145. The number of rotatable bonds is 9. The zero-order valence-corrected chi connectivity index (χ0v) is 12.2. The van der Waals surface area contributed by atoms with Crippen LogP contribution in [0.3, 0.4) is 0 Å². The second kappa shape index (κ2) is 8.32. The van der Waals surface area contributed by atoms with E-state index >= 15 is 0 Å². The van der Waals surface area contributed by atoms with Gasteiger partial charge in [-0.1, -0.05) is 17.9 Å². The minimum atomic E-state index is -5.41. The van der Waals surface area contributed by atoms with E-state index in [1.165, 1.54) is 13.8 Å². The van der Waals surface area contributed by atoms with Gasteiger partial charge in [0.2, 0.25) is 0 Å². The quantitative estimate of drug-likeness (QED) is 0.367. The molecule has 0 aliphatic heterocycles. The van der Waals surface area contributed by atoms with Gasteiger partial charge in [0.1, 0.15) is 12.3 Å². The minimum absolute atomic E-state index is 0.00832. The summed E-state index contributed by atoms with van der Waals surface area (Å²) < 4.78 is 79.8. The van der Waals surface area contributed by atoms with Crippen LogP contribution >= 0.6 is 0 Å². The first-order chi connectivity index (χ1) is 9.56. The van der Waals surface area contributed by atoms with Gasteiger partial charge in [-0.2, -0.15) is 8.42 Å². The predicted molar refractivity (Wildman–Crippen MR) is 65.4 cm³/mol. The monoisotopic (exact) mass is 336 g/mol. The summed E-state index contributed by atoms with van der Waals surface area (Å²) >= 11 is 0. The molecule has 0 amide bonds. The molecule has 5 nitrogen and oxygen atoms in total. The Hall–Kier alpha value is -1.16. The van der Waals surface area contributed by atoms with Gasteiger partial charge in [-0.15, -0.1) is 0 Å². The number of esters is 1. The van der Waals surface area contributed by atoms with Crippen molar-refractivity contribution in [2.24, 2.45) is 0 Å². The first kappa shape index (κ1) is 19.8. The molecule has 0 heterocycles. The van der Waals surface area contributed by atoms with Crippen LogP contribution in [0.2, 0.25) is 0 Å². The summed E-state index contributed by atoms with van der Waals surface area (Å²) in [5.41, 5.74) is 0.00832. The number of carbonyl (C=O) groups excluding carboxylic acids is 1. The first-order valence-corrected chi connectivity index (χ1v) is 7.36. The van der Waals surface area contributed by atoms with Gasteiger partial charge in [-0.25, -0.2) is 18.0 Å². The number of halogens is 4. The maximum Gasteiger partial charge on any atom is 0.333 e. The first-order valence-electron chi connectivity index (χ1n) is 5.89. The summed E-state index contributed by atoms with van der Waals surface area (Å²) in [4.78, 5) is 11.3. The normalized spacial score (nSPS) is 16.3. The van der Waals surface area contributed by atoms with E-state index in [0.717, 1.165) is 0 Å². The van der Waals surface area contributed by atoms with Crippen LogP contribution in [0.5, 0.6) is 0 Å². The van der Waals surface area contributed by atoms with E-state index in [9.17, 15) is 30.9 Å². The second-order valence-corrected chi connectivity index (χ2v) is 5.98. The van der Waals surface area contributed by atoms with E-state index in [-0.39, 0.29) is 12.0 Å². The maximum absolute atomic E-state index is 13.8. The van der Waals surface area contributed by atoms with Gasteiger partial charge >= 0.3 is 16.1 Å². The molecular weight excluding hydrogens is 320 g/mol. The Kier molecular flexibility index (Phi) is 7.86. The van der Waals surface area contributed by atoms with Crippen molar-refractivity contribution in [2.75, 3.05) is 0 Å². The Balaban J connectivity index is 5.00. The molecule has 0 aromatic rings. The topological polar surface area (TPSA) is 69.7 Å². The Morgan fingerprint density at radius 3 is 2.14 bits per heavy atom. The Bertz CT molecular complexity index is 465. The lowest BCUT2D eigenvalue weighted by atomic mass is 10.1. The molecule has 0 bridgehead atoms. The molecule has 0 fully saturated rings. The van der Waals surface area contributed by atoms with Crippen LogP contribution in [-0.4, -0.2) is 38.3 Å². The molecule has 0 rings (SSSR count). The fourth-order valence-electron chi connectivity index (χ4n) is 1.44. The summed E-state index contributed by atoms with van der Waals surface area (Å²) in [6.07, 6.45) is -8.32. The van der Waals surface area contributed by atoms with Crippen molar-refractivity contribution >= 4 is 16.1 Å². The highest BCUT2D eigenvalue weighted by molar-refractivity contribution is 7.87. The van der Waals surface area contributed by atoms with E-state index in [1.54, 1.807) is 0 Å². The lowest BCUT2D eigenvalue weighted by Crippen LogP contribution is -2.40. The van der Waals surface area contributed by atoms with E-state index in [1.807, 2.05) is 0 Å². The summed E-state index contributed by atoms with van der Waals surface area (Å²) in [7, 11) is -5.41. The third kappa shape index (κ3) is 6.00. The van der Waals surface area contributed by atoms with Crippen LogP contribution in [0.1, 0.15) is 26.7 Å². The SMILES string of the molecule is C=C(C)C(=O)OC(CC)CC(F)C(C(F)F)S(=O)(=O)OF. The highest BCUT2D eigenvalue weighted by atomic mass is 32.2. The molecule has 0 saturated heterocycles. The predicted octanol–water partition coefficient (Wildman–Crippen LogP) is 2.48. The molecule has 0 spiro atoms. The van der Waals surface area contributed by atoms with Crippen LogP contribution in [0.4, 0.5) is 17.7 Å². The summed E-state index contributed by atoms with van der Waals surface area (Å²) in [5.74, 6) is -0.868. The van der Waals surface area contributed by atoms with Crippen molar-refractivity contribution in [1.82, 2.24) is 0 Å². The number of carbonyl (C=O) groups is 1. The fraction of sp³-hybridized carbons (Fsp3) is 0.727. The standard InChI is InChI=1S/C11H16F4O5S/c1-4-7(19-11(16)6(2)3)5-8(12)9(10(13)14)21(17,18)20-15/h7-10H,2,4-5H2,1,3H3. The van der Waals surface area contributed by atoms with Crippen LogP contribution in [-0.2, 0) is 24.0 Å². The third-order valence-electron chi connectivity index (χ3n) is 2.59. The highest BCUT2D eigenvalue weighted by Crippen LogP contribution is 2.25. The van der Waals surface area contributed by atoms with E-state index < -0.39 is 46.5 Å². The average Bonchev–Trinajstić information content (AvgIpc) is 2.36. The van der Waals surface area contributed by atoms with Crippen molar-refractivity contribution in [3.63, 3.8) is 0 Å². The molecule has 3 unspecified atom stereocenters. The van der Waals surface area contributed by atoms with Gasteiger partial charge in [0, 0.05) is 12.0 Å². The number of hydrogen-bond acceptors (Lipinski definition) is 5. The van der Waals surface area contributed by atoms with Crippen LogP contribution in [0, 0.1) is 0 Å². The summed E-state index contributed by atoms with van der Waals surface area (Å²) in [6.45, 7) is 6.08.